The highest BCUT2D eigenvalue weighted by atomic mass is 16.5. The van der Waals surface area contributed by atoms with E-state index in [9.17, 15) is 9.59 Å². The minimum atomic E-state index is -0.229. The summed E-state index contributed by atoms with van der Waals surface area (Å²) >= 11 is 0. The first-order valence-corrected chi connectivity index (χ1v) is 5.31. The second kappa shape index (κ2) is 4.18. The molecule has 0 aromatic heterocycles. The molecule has 1 heterocycles. The first-order valence-electron chi connectivity index (χ1n) is 5.31. The first kappa shape index (κ1) is 10.4. The fourth-order valence-electron chi connectivity index (χ4n) is 1.93. The average molecular weight is 212 g/mol. The molecule has 1 aliphatic carbocycles. The molecule has 2 fully saturated rings. The van der Waals surface area contributed by atoms with E-state index >= 15 is 0 Å². The van der Waals surface area contributed by atoms with Crippen LogP contribution >= 0.6 is 0 Å². The molecule has 2 rings (SSSR count). The number of hydrogen-bond acceptors (Lipinski definition) is 4. The van der Waals surface area contributed by atoms with Crippen LogP contribution in [0.5, 0.6) is 0 Å². The van der Waals surface area contributed by atoms with Crippen molar-refractivity contribution in [3.05, 3.63) is 0 Å². The third-order valence-electron chi connectivity index (χ3n) is 2.94. The molecule has 1 saturated carbocycles. The fourth-order valence-corrected chi connectivity index (χ4v) is 1.93. The summed E-state index contributed by atoms with van der Waals surface area (Å²) in [4.78, 5) is 22.5. The van der Waals surface area contributed by atoms with Crippen LogP contribution in [0.25, 0.3) is 0 Å². The van der Waals surface area contributed by atoms with Crippen LogP contribution in [0.2, 0.25) is 0 Å². The van der Waals surface area contributed by atoms with E-state index in [0.29, 0.717) is 18.9 Å². The summed E-state index contributed by atoms with van der Waals surface area (Å²) in [6.45, 7) is 0.610. The van der Waals surface area contributed by atoms with Crippen LogP contribution in [-0.4, -0.2) is 37.6 Å². The molecular formula is C10H16N2O3. The lowest BCUT2D eigenvalue weighted by Gasteiger charge is -2.19. The van der Waals surface area contributed by atoms with Crippen molar-refractivity contribution in [2.75, 3.05) is 13.7 Å². The Balaban J connectivity index is 1.88. The Kier molecular flexibility index (Phi) is 2.90. The molecule has 2 atom stereocenters. The number of methoxy groups -OCH3 is 1. The molecule has 1 amide bonds. The summed E-state index contributed by atoms with van der Waals surface area (Å²) in [5.74, 6) is 0.233. The summed E-state index contributed by atoms with van der Waals surface area (Å²) in [7, 11) is 1.40. The van der Waals surface area contributed by atoms with Crippen molar-refractivity contribution in [3.63, 3.8) is 0 Å². The van der Waals surface area contributed by atoms with Gasteiger partial charge in [0, 0.05) is 19.0 Å². The quantitative estimate of drug-likeness (QED) is 0.612. The number of carbonyl (C=O) groups excluding carboxylic acids is 2. The highest BCUT2D eigenvalue weighted by Gasteiger charge is 2.39. The molecule has 2 N–H and O–H groups in total. The topological polar surface area (TPSA) is 67.4 Å². The van der Waals surface area contributed by atoms with Gasteiger partial charge in [-0.25, -0.2) is 0 Å². The standard InChI is InChI=1S/C10H16N2O3/c1-15-10(14)9(6-2-3-6)12-7-4-8(13)11-5-7/h6-7,9,12H,2-5H2,1H3,(H,11,13). The van der Waals surface area contributed by atoms with E-state index in [1.165, 1.54) is 7.11 Å². The number of nitrogens with one attached hydrogen (secondary N) is 2. The van der Waals surface area contributed by atoms with E-state index in [0.717, 1.165) is 12.8 Å². The molecule has 2 unspecified atom stereocenters. The van der Waals surface area contributed by atoms with Gasteiger partial charge in [-0.3, -0.25) is 14.9 Å². The summed E-state index contributed by atoms with van der Waals surface area (Å²) in [6, 6.07) is -0.158. The van der Waals surface area contributed by atoms with Gasteiger partial charge in [0.05, 0.1) is 7.11 Å². The molecule has 5 heteroatoms. The smallest absolute Gasteiger partial charge is 0.323 e. The molecule has 1 saturated heterocycles. The minimum absolute atomic E-state index is 0.0481. The van der Waals surface area contributed by atoms with E-state index < -0.39 is 0 Å². The van der Waals surface area contributed by atoms with E-state index in [1.54, 1.807) is 0 Å². The lowest BCUT2D eigenvalue weighted by Crippen LogP contribution is -2.46. The van der Waals surface area contributed by atoms with Crippen molar-refractivity contribution in [3.8, 4) is 0 Å². The van der Waals surface area contributed by atoms with Gasteiger partial charge in [-0.2, -0.15) is 0 Å². The van der Waals surface area contributed by atoms with E-state index in [1.807, 2.05) is 0 Å². The van der Waals surface area contributed by atoms with Crippen LogP contribution in [0.3, 0.4) is 0 Å². The molecule has 15 heavy (non-hydrogen) atoms. The first-order chi connectivity index (χ1) is 7.20. The Hall–Kier alpha value is -1.10. The van der Waals surface area contributed by atoms with Gasteiger partial charge in [0.2, 0.25) is 5.91 Å². The van der Waals surface area contributed by atoms with Crippen LogP contribution in [0, 0.1) is 5.92 Å². The van der Waals surface area contributed by atoms with Gasteiger partial charge in [-0.05, 0) is 18.8 Å². The van der Waals surface area contributed by atoms with E-state index in [4.69, 9.17) is 4.74 Å². The molecule has 0 radical (unpaired) electrons. The van der Waals surface area contributed by atoms with Gasteiger partial charge in [0.1, 0.15) is 6.04 Å². The normalized spacial score (nSPS) is 27.3. The Labute approximate surface area is 88.5 Å². The van der Waals surface area contributed by atoms with Crippen LogP contribution in [0.1, 0.15) is 19.3 Å². The van der Waals surface area contributed by atoms with Crippen LogP contribution in [-0.2, 0) is 14.3 Å². The monoisotopic (exact) mass is 212 g/mol. The van der Waals surface area contributed by atoms with Crippen LogP contribution in [0.15, 0.2) is 0 Å². The van der Waals surface area contributed by atoms with Gasteiger partial charge in [0.15, 0.2) is 0 Å². The van der Waals surface area contributed by atoms with Crippen molar-refractivity contribution >= 4 is 11.9 Å². The average Bonchev–Trinajstić information content (AvgIpc) is 2.98. The van der Waals surface area contributed by atoms with E-state index in [2.05, 4.69) is 10.6 Å². The summed E-state index contributed by atoms with van der Waals surface area (Å²) in [5, 5.41) is 5.94. The maximum Gasteiger partial charge on any atom is 0.323 e. The predicted octanol–water partition coefficient (Wildman–Crippen LogP) is -0.584. The molecular weight excluding hydrogens is 196 g/mol. The van der Waals surface area contributed by atoms with Crippen LogP contribution < -0.4 is 10.6 Å². The Morgan fingerprint density at radius 2 is 2.33 bits per heavy atom. The zero-order valence-corrected chi connectivity index (χ0v) is 8.79. The Morgan fingerprint density at radius 3 is 2.80 bits per heavy atom. The van der Waals surface area contributed by atoms with Crippen molar-refractivity contribution < 1.29 is 14.3 Å². The van der Waals surface area contributed by atoms with Gasteiger partial charge in [-0.1, -0.05) is 0 Å². The summed E-state index contributed by atoms with van der Waals surface area (Å²) in [5.41, 5.74) is 0. The summed E-state index contributed by atoms with van der Waals surface area (Å²) < 4.78 is 4.74. The molecule has 84 valence electrons. The van der Waals surface area contributed by atoms with Gasteiger partial charge in [-0.15, -0.1) is 0 Å². The number of ether oxygens (including phenoxy) is 1. The van der Waals surface area contributed by atoms with Crippen molar-refractivity contribution in [2.24, 2.45) is 5.92 Å². The fraction of sp³-hybridized carbons (Fsp3) is 0.800. The maximum atomic E-state index is 11.5. The molecule has 0 bridgehead atoms. The third kappa shape index (κ3) is 2.47. The van der Waals surface area contributed by atoms with E-state index in [-0.39, 0.29) is 24.0 Å². The molecule has 0 aromatic carbocycles. The molecule has 0 aromatic rings. The zero-order chi connectivity index (χ0) is 10.8. The number of amides is 1. The highest BCUT2D eigenvalue weighted by molar-refractivity contribution is 5.80. The van der Waals surface area contributed by atoms with Crippen molar-refractivity contribution in [1.82, 2.24) is 10.6 Å². The highest BCUT2D eigenvalue weighted by Crippen LogP contribution is 2.33. The Morgan fingerprint density at radius 1 is 1.60 bits per heavy atom. The van der Waals surface area contributed by atoms with Crippen molar-refractivity contribution in [2.45, 2.75) is 31.3 Å². The maximum absolute atomic E-state index is 11.5. The largest absolute Gasteiger partial charge is 0.468 e. The van der Waals surface area contributed by atoms with Crippen molar-refractivity contribution in [1.29, 1.82) is 0 Å². The molecule has 1 aliphatic heterocycles. The lowest BCUT2D eigenvalue weighted by molar-refractivity contribution is -0.144. The summed E-state index contributed by atoms with van der Waals surface area (Å²) in [6.07, 6.45) is 2.60. The lowest BCUT2D eigenvalue weighted by atomic mass is 10.1. The molecule has 5 nitrogen and oxygen atoms in total. The zero-order valence-electron chi connectivity index (χ0n) is 8.79. The predicted molar refractivity (Wildman–Crippen MR) is 53.1 cm³/mol. The second-order valence-corrected chi connectivity index (χ2v) is 4.21. The SMILES string of the molecule is COC(=O)C(NC1CNC(=O)C1)C1CC1. The van der Waals surface area contributed by atoms with Gasteiger partial charge >= 0.3 is 5.97 Å². The van der Waals surface area contributed by atoms with Crippen LogP contribution in [0.4, 0.5) is 0 Å². The number of rotatable bonds is 4. The Bertz CT molecular complexity index is 276. The van der Waals surface area contributed by atoms with Gasteiger partial charge in [0.25, 0.3) is 0 Å². The minimum Gasteiger partial charge on any atom is -0.468 e. The number of carbonyl (C=O) groups is 2. The second-order valence-electron chi connectivity index (χ2n) is 4.21. The molecule has 0 spiro atoms. The molecule has 2 aliphatic rings. The third-order valence-corrected chi connectivity index (χ3v) is 2.94. The number of hydrogen-bond donors (Lipinski definition) is 2. The number of esters is 1. The van der Waals surface area contributed by atoms with Gasteiger partial charge < -0.3 is 10.1 Å².